The minimum atomic E-state index is -3.59. The lowest BCUT2D eigenvalue weighted by atomic mass is 10.1. The topological polar surface area (TPSA) is 66.5 Å². The Kier molecular flexibility index (Phi) is 5.65. The first-order valence-electron chi connectivity index (χ1n) is 8.55. The fraction of sp³-hybridized carbons (Fsp3) is 0.316. The summed E-state index contributed by atoms with van der Waals surface area (Å²) >= 11 is 6.01. The van der Waals surface area contributed by atoms with Gasteiger partial charge in [-0.05, 0) is 55.7 Å². The van der Waals surface area contributed by atoms with Gasteiger partial charge in [0.1, 0.15) is 0 Å². The molecule has 0 spiro atoms. The average Bonchev–Trinajstić information content (AvgIpc) is 3.42. The maximum Gasteiger partial charge on any atom is 0.254 e. The number of amides is 1. The lowest BCUT2D eigenvalue weighted by Crippen LogP contribution is -2.31. The predicted octanol–water partition coefficient (Wildman–Crippen LogP) is 3.44. The van der Waals surface area contributed by atoms with E-state index in [4.69, 9.17) is 11.6 Å². The third-order valence-electron chi connectivity index (χ3n) is 4.22. The lowest BCUT2D eigenvalue weighted by Gasteiger charge is -2.21. The van der Waals surface area contributed by atoms with Crippen molar-refractivity contribution < 1.29 is 13.2 Å². The molecule has 0 saturated heterocycles. The van der Waals surface area contributed by atoms with Gasteiger partial charge in [0.25, 0.3) is 5.91 Å². The number of rotatable bonds is 7. The molecule has 0 radical (unpaired) electrons. The fourth-order valence-corrected chi connectivity index (χ4v) is 4.21. The summed E-state index contributed by atoms with van der Waals surface area (Å²) in [6, 6.07) is 13.6. The highest BCUT2D eigenvalue weighted by Crippen LogP contribution is 2.23. The molecule has 0 atom stereocenters. The van der Waals surface area contributed by atoms with Crippen LogP contribution in [0, 0.1) is 0 Å². The van der Waals surface area contributed by atoms with Crippen LogP contribution < -0.4 is 4.72 Å². The second-order valence-electron chi connectivity index (χ2n) is 6.37. The van der Waals surface area contributed by atoms with Crippen LogP contribution in [0.4, 0.5) is 0 Å². The summed E-state index contributed by atoms with van der Waals surface area (Å²) in [7, 11) is -3.59. The van der Waals surface area contributed by atoms with Crippen molar-refractivity contribution >= 4 is 27.5 Å². The van der Waals surface area contributed by atoms with Crippen LogP contribution in [0.15, 0.2) is 53.4 Å². The highest BCUT2D eigenvalue weighted by atomic mass is 35.5. The van der Waals surface area contributed by atoms with Gasteiger partial charge in [0.2, 0.25) is 10.0 Å². The van der Waals surface area contributed by atoms with Crippen molar-refractivity contribution in [3.63, 3.8) is 0 Å². The lowest BCUT2D eigenvalue weighted by molar-refractivity contribution is 0.0752. The van der Waals surface area contributed by atoms with Crippen molar-refractivity contribution in [2.45, 2.75) is 37.2 Å². The van der Waals surface area contributed by atoms with Crippen LogP contribution >= 0.6 is 11.6 Å². The van der Waals surface area contributed by atoms with Crippen LogP contribution in [0.1, 0.15) is 35.7 Å². The summed E-state index contributed by atoms with van der Waals surface area (Å²) in [5, 5.41) is 0.616. The quantitative estimate of drug-likeness (QED) is 0.784. The maximum absolute atomic E-state index is 12.9. The van der Waals surface area contributed by atoms with Gasteiger partial charge in [0.15, 0.2) is 0 Å². The highest BCUT2D eigenvalue weighted by Gasteiger charge is 2.28. The number of sulfonamides is 1. The molecule has 0 aromatic heterocycles. The van der Waals surface area contributed by atoms with E-state index in [2.05, 4.69) is 4.72 Å². The number of carbonyl (C=O) groups is 1. The summed E-state index contributed by atoms with van der Waals surface area (Å²) < 4.78 is 27.4. The second-order valence-corrected chi connectivity index (χ2v) is 8.52. The number of nitrogens with one attached hydrogen (secondary N) is 1. The Morgan fingerprint density at radius 2 is 1.92 bits per heavy atom. The molecule has 138 valence electrons. The fourth-order valence-electron chi connectivity index (χ4n) is 2.65. The van der Waals surface area contributed by atoms with Crippen molar-refractivity contribution in [3.8, 4) is 0 Å². The summed E-state index contributed by atoms with van der Waals surface area (Å²) in [5.74, 6) is -0.212. The van der Waals surface area contributed by atoms with Crippen LogP contribution in [0.25, 0.3) is 0 Å². The predicted molar refractivity (Wildman–Crippen MR) is 102 cm³/mol. The van der Waals surface area contributed by atoms with Gasteiger partial charge in [0.05, 0.1) is 4.90 Å². The van der Waals surface area contributed by atoms with E-state index in [0.29, 0.717) is 23.7 Å². The van der Waals surface area contributed by atoms with Gasteiger partial charge in [-0.15, -0.1) is 0 Å². The average molecular weight is 393 g/mol. The molecule has 0 aliphatic heterocycles. The smallest absolute Gasteiger partial charge is 0.254 e. The number of nitrogens with zero attached hydrogens (tertiary/aromatic N) is 1. The van der Waals surface area contributed by atoms with E-state index >= 15 is 0 Å². The van der Waals surface area contributed by atoms with Crippen molar-refractivity contribution in [2.24, 2.45) is 0 Å². The maximum atomic E-state index is 12.9. The molecule has 5 nitrogen and oxygen atoms in total. The summed E-state index contributed by atoms with van der Waals surface area (Å²) in [4.78, 5) is 14.6. The van der Waals surface area contributed by atoms with E-state index in [1.54, 1.807) is 23.1 Å². The van der Waals surface area contributed by atoms with Gasteiger partial charge in [-0.3, -0.25) is 4.79 Å². The molecule has 1 aliphatic rings. The van der Waals surface area contributed by atoms with Gasteiger partial charge in [-0.2, -0.15) is 0 Å². The molecular weight excluding hydrogens is 372 g/mol. The third-order valence-corrected chi connectivity index (χ3v) is 5.98. The Hall–Kier alpha value is -1.89. The van der Waals surface area contributed by atoms with E-state index in [1.165, 1.54) is 12.1 Å². The zero-order valence-corrected chi connectivity index (χ0v) is 16.1. The Labute approximate surface area is 159 Å². The molecular formula is C19H21ClN2O3S. The Balaban J connectivity index is 1.80. The van der Waals surface area contributed by atoms with Crippen molar-refractivity contribution in [1.82, 2.24) is 9.62 Å². The summed E-state index contributed by atoms with van der Waals surface area (Å²) in [6.45, 7) is 2.80. The molecule has 3 rings (SSSR count). The summed E-state index contributed by atoms with van der Waals surface area (Å²) in [5.41, 5.74) is 1.28. The Morgan fingerprint density at radius 3 is 2.58 bits per heavy atom. The molecule has 1 fully saturated rings. The molecule has 1 aliphatic carbocycles. The molecule has 0 bridgehead atoms. The van der Waals surface area contributed by atoms with Crippen molar-refractivity contribution in [3.05, 3.63) is 64.7 Å². The SMILES string of the molecule is CCN(Cc1cccc(Cl)c1)C(=O)c1cccc(S(=O)(=O)NC2CC2)c1. The molecule has 0 unspecified atom stereocenters. The van der Waals surface area contributed by atoms with E-state index in [-0.39, 0.29) is 16.8 Å². The molecule has 0 heterocycles. The molecule has 1 amide bonds. The first-order valence-corrected chi connectivity index (χ1v) is 10.4. The first kappa shape index (κ1) is 18.9. The molecule has 2 aromatic carbocycles. The molecule has 1 saturated carbocycles. The molecule has 7 heteroatoms. The van der Waals surface area contributed by atoms with Crippen LogP contribution in [0.2, 0.25) is 5.02 Å². The van der Waals surface area contributed by atoms with Crippen LogP contribution in [0.5, 0.6) is 0 Å². The molecule has 2 aromatic rings. The first-order chi connectivity index (χ1) is 12.4. The van der Waals surface area contributed by atoms with Crippen LogP contribution in [0.3, 0.4) is 0 Å². The number of benzene rings is 2. The standard InChI is InChI=1S/C19H21ClN2O3S/c1-2-22(13-14-5-3-7-16(20)11-14)19(23)15-6-4-8-18(12-15)26(24,25)21-17-9-10-17/h3-8,11-12,17,21H,2,9-10,13H2,1H3. The van der Waals surface area contributed by atoms with Crippen molar-refractivity contribution in [1.29, 1.82) is 0 Å². The van der Waals surface area contributed by atoms with Crippen LogP contribution in [-0.4, -0.2) is 31.8 Å². The van der Waals surface area contributed by atoms with E-state index in [9.17, 15) is 13.2 Å². The van der Waals surface area contributed by atoms with E-state index in [0.717, 1.165) is 18.4 Å². The van der Waals surface area contributed by atoms with Gasteiger partial charge in [-0.1, -0.05) is 29.8 Å². The van der Waals surface area contributed by atoms with Crippen molar-refractivity contribution in [2.75, 3.05) is 6.54 Å². The minimum absolute atomic E-state index is 0.0225. The van der Waals surface area contributed by atoms with E-state index < -0.39 is 10.0 Å². The zero-order valence-electron chi connectivity index (χ0n) is 14.5. The highest BCUT2D eigenvalue weighted by molar-refractivity contribution is 7.89. The van der Waals surface area contributed by atoms with Crippen LogP contribution in [-0.2, 0) is 16.6 Å². The van der Waals surface area contributed by atoms with Gasteiger partial charge >= 0.3 is 0 Å². The number of carbonyl (C=O) groups excluding carboxylic acids is 1. The molecule has 26 heavy (non-hydrogen) atoms. The van der Waals surface area contributed by atoms with Gasteiger partial charge in [0, 0.05) is 29.7 Å². The Bertz CT molecular complexity index is 911. The summed E-state index contributed by atoms with van der Waals surface area (Å²) in [6.07, 6.45) is 1.72. The van der Waals surface area contributed by atoms with Gasteiger partial charge in [-0.25, -0.2) is 13.1 Å². The normalized spacial score (nSPS) is 14.2. The number of hydrogen-bond donors (Lipinski definition) is 1. The minimum Gasteiger partial charge on any atom is -0.335 e. The van der Waals surface area contributed by atoms with E-state index in [1.807, 2.05) is 25.1 Å². The number of halogens is 1. The number of hydrogen-bond acceptors (Lipinski definition) is 3. The second kappa shape index (κ2) is 7.78. The zero-order chi connectivity index (χ0) is 18.7. The largest absolute Gasteiger partial charge is 0.335 e. The third kappa shape index (κ3) is 4.63. The monoisotopic (exact) mass is 392 g/mol. The Morgan fingerprint density at radius 1 is 1.19 bits per heavy atom. The van der Waals surface area contributed by atoms with Gasteiger partial charge < -0.3 is 4.90 Å². The molecule has 1 N–H and O–H groups in total.